The Labute approximate surface area is 150 Å². The summed E-state index contributed by atoms with van der Waals surface area (Å²) in [6, 6.07) is 4.29. The number of nitrogens with two attached hydrogens (primary N) is 1. The molecule has 134 valence electrons. The number of hydrogen-bond donors (Lipinski definition) is 2. The van der Waals surface area contributed by atoms with Crippen LogP contribution in [-0.4, -0.2) is 63.0 Å². The number of amides is 1. The quantitative estimate of drug-likeness (QED) is 0.670. The highest BCUT2D eigenvalue weighted by Gasteiger charge is 2.27. The highest BCUT2D eigenvalue weighted by atomic mass is 35.5. The van der Waals surface area contributed by atoms with Crippen LogP contribution in [0.3, 0.4) is 0 Å². The first-order valence-electron chi connectivity index (χ1n) is 7.40. The maximum absolute atomic E-state index is 12.6. The topological polar surface area (TPSA) is 102 Å². The van der Waals surface area contributed by atoms with E-state index >= 15 is 0 Å². The minimum absolute atomic E-state index is 0.0960. The number of ether oxygens (including phenoxy) is 1. The number of hydrogen-bond acceptors (Lipinski definition) is 6. The lowest BCUT2D eigenvalue weighted by molar-refractivity contribution is -0.113. The van der Waals surface area contributed by atoms with Crippen LogP contribution in [0.4, 0.5) is 5.69 Å². The van der Waals surface area contributed by atoms with E-state index in [9.17, 15) is 13.2 Å². The lowest BCUT2D eigenvalue weighted by atomic mass is 10.3. The molecule has 7 nitrogen and oxygen atoms in total. The van der Waals surface area contributed by atoms with Gasteiger partial charge in [-0.1, -0.05) is 11.6 Å². The molecule has 1 heterocycles. The van der Waals surface area contributed by atoms with Crippen LogP contribution in [0, 0.1) is 0 Å². The van der Waals surface area contributed by atoms with E-state index in [4.69, 9.17) is 22.1 Å². The van der Waals surface area contributed by atoms with Crippen molar-refractivity contribution in [2.45, 2.75) is 4.90 Å². The second kappa shape index (κ2) is 9.02. The van der Waals surface area contributed by atoms with Crippen molar-refractivity contribution in [3.8, 4) is 0 Å². The van der Waals surface area contributed by atoms with Gasteiger partial charge in [0.05, 0.1) is 34.6 Å². The van der Waals surface area contributed by atoms with Gasteiger partial charge in [-0.2, -0.15) is 16.1 Å². The Morgan fingerprint density at radius 3 is 2.75 bits per heavy atom. The van der Waals surface area contributed by atoms with Crippen molar-refractivity contribution in [1.29, 1.82) is 0 Å². The molecule has 0 radical (unpaired) electrons. The molecule has 1 aliphatic heterocycles. The number of thioether (sulfide) groups is 1. The Kier molecular flexibility index (Phi) is 7.33. The predicted octanol–water partition coefficient (Wildman–Crippen LogP) is 0.991. The zero-order valence-electron chi connectivity index (χ0n) is 13.0. The molecular formula is C14H20ClN3O4S2. The van der Waals surface area contributed by atoms with Crippen molar-refractivity contribution in [1.82, 2.24) is 4.31 Å². The van der Waals surface area contributed by atoms with E-state index in [1.807, 2.05) is 0 Å². The Hall–Kier alpha value is -0.840. The Morgan fingerprint density at radius 2 is 2.08 bits per heavy atom. The molecule has 1 aromatic rings. The number of benzene rings is 1. The zero-order chi connectivity index (χ0) is 17.6. The summed E-state index contributed by atoms with van der Waals surface area (Å²) >= 11 is 7.47. The van der Waals surface area contributed by atoms with E-state index < -0.39 is 10.0 Å². The standard InChI is InChI=1S/C14H20ClN3O4S2/c15-12-2-1-11(24(20,21)18-4-6-22-7-5-18)9-13(12)17-14(19)10-23-8-3-16/h1-2,9H,3-8,10,16H2,(H,17,19). The number of rotatable bonds is 7. The van der Waals surface area contributed by atoms with Crippen molar-refractivity contribution in [2.24, 2.45) is 5.73 Å². The van der Waals surface area contributed by atoms with Crippen LogP contribution in [0.15, 0.2) is 23.1 Å². The second-order valence-corrected chi connectivity index (χ2v) is 8.50. The minimum atomic E-state index is -3.64. The third-order valence-electron chi connectivity index (χ3n) is 3.32. The minimum Gasteiger partial charge on any atom is -0.379 e. The van der Waals surface area contributed by atoms with E-state index in [1.165, 1.54) is 34.3 Å². The monoisotopic (exact) mass is 393 g/mol. The fourth-order valence-corrected chi connectivity index (χ4v) is 4.30. The van der Waals surface area contributed by atoms with Crippen LogP contribution in [0.1, 0.15) is 0 Å². The second-order valence-electron chi connectivity index (χ2n) is 5.05. The lowest BCUT2D eigenvalue weighted by Crippen LogP contribution is -2.40. The normalized spacial score (nSPS) is 16.1. The molecule has 0 spiro atoms. The molecule has 0 saturated carbocycles. The van der Waals surface area contributed by atoms with Crippen LogP contribution in [0.5, 0.6) is 0 Å². The van der Waals surface area contributed by atoms with Crippen LogP contribution in [0.25, 0.3) is 0 Å². The average molecular weight is 394 g/mol. The maximum Gasteiger partial charge on any atom is 0.243 e. The number of sulfonamides is 1. The van der Waals surface area contributed by atoms with Gasteiger partial charge in [0.1, 0.15) is 0 Å². The summed E-state index contributed by atoms with van der Waals surface area (Å²) in [4.78, 5) is 12.0. The number of halogens is 1. The van der Waals surface area contributed by atoms with Gasteiger partial charge in [-0.3, -0.25) is 4.79 Å². The summed E-state index contributed by atoms with van der Waals surface area (Å²) in [6.45, 7) is 1.85. The van der Waals surface area contributed by atoms with Crippen LogP contribution in [-0.2, 0) is 19.6 Å². The molecule has 1 amide bonds. The van der Waals surface area contributed by atoms with Crippen molar-refractivity contribution in [3.05, 3.63) is 23.2 Å². The average Bonchev–Trinajstić information content (AvgIpc) is 2.58. The molecule has 0 unspecified atom stereocenters. The van der Waals surface area contributed by atoms with Gasteiger partial charge in [-0.15, -0.1) is 0 Å². The summed E-state index contributed by atoms with van der Waals surface area (Å²) in [5.41, 5.74) is 5.66. The summed E-state index contributed by atoms with van der Waals surface area (Å²) in [7, 11) is -3.64. The van der Waals surface area contributed by atoms with E-state index in [0.717, 1.165) is 0 Å². The van der Waals surface area contributed by atoms with Crippen LogP contribution < -0.4 is 11.1 Å². The molecule has 3 N–H and O–H groups in total. The molecule has 10 heteroatoms. The van der Waals surface area contributed by atoms with Crippen LogP contribution >= 0.6 is 23.4 Å². The van der Waals surface area contributed by atoms with Gasteiger partial charge in [0.15, 0.2) is 0 Å². The van der Waals surface area contributed by atoms with Gasteiger partial charge in [0.2, 0.25) is 15.9 Å². The largest absolute Gasteiger partial charge is 0.379 e. The highest BCUT2D eigenvalue weighted by Crippen LogP contribution is 2.27. The third-order valence-corrected chi connectivity index (χ3v) is 6.53. The van der Waals surface area contributed by atoms with Gasteiger partial charge in [-0.05, 0) is 18.2 Å². The van der Waals surface area contributed by atoms with Gasteiger partial charge in [0.25, 0.3) is 0 Å². The van der Waals surface area contributed by atoms with E-state index in [-0.39, 0.29) is 27.3 Å². The Bertz CT molecular complexity index is 679. The van der Waals surface area contributed by atoms with E-state index in [0.29, 0.717) is 38.6 Å². The SMILES string of the molecule is NCCSCC(=O)Nc1cc(S(=O)(=O)N2CCOCC2)ccc1Cl. The first kappa shape index (κ1) is 19.5. The third kappa shape index (κ3) is 5.08. The molecule has 0 atom stereocenters. The smallest absolute Gasteiger partial charge is 0.243 e. The van der Waals surface area contributed by atoms with Gasteiger partial charge in [-0.25, -0.2) is 8.42 Å². The summed E-state index contributed by atoms with van der Waals surface area (Å²) < 4.78 is 31.8. The molecule has 0 bridgehead atoms. The highest BCUT2D eigenvalue weighted by molar-refractivity contribution is 7.99. The fourth-order valence-electron chi connectivity index (χ4n) is 2.13. The van der Waals surface area contributed by atoms with Gasteiger partial charge >= 0.3 is 0 Å². The van der Waals surface area contributed by atoms with Crippen molar-refractivity contribution >= 4 is 45.0 Å². The molecule has 1 fully saturated rings. The molecule has 2 rings (SSSR count). The zero-order valence-corrected chi connectivity index (χ0v) is 15.4. The van der Waals surface area contributed by atoms with Gasteiger partial charge < -0.3 is 15.8 Å². The molecule has 0 aliphatic carbocycles. The van der Waals surface area contributed by atoms with E-state index in [1.54, 1.807) is 0 Å². The molecule has 0 aromatic heterocycles. The predicted molar refractivity (Wildman–Crippen MR) is 96.0 cm³/mol. The summed E-state index contributed by atoms with van der Waals surface area (Å²) in [5.74, 6) is 0.650. The Balaban J connectivity index is 2.14. The number of anilines is 1. The summed E-state index contributed by atoms with van der Waals surface area (Å²) in [6.07, 6.45) is 0. The van der Waals surface area contributed by atoms with Crippen molar-refractivity contribution < 1.29 is 17.9 Å². The van der Waals surface area contributed by atoms with Crippen molar-refractivity contribution in [3.63, 3.8) is 0 Å². The number of morpholine rings is 1. The molecular weight excluding hydrogens is 374 g/mol. The van der Waals surface area contributed by atoms with E-state index in [2.05, 4.69) is 5.32 Å². The summed E-state index contributed by atoms with van der Waals surface area (Å²) in [5, 5.41) is 2.93. The first-order chi connectivity index (χ1) is 11.4. The number of carbonyl (C=O) groups excluding carboxylic acids is 1. The molecule has 24 heavy (non-hydrogen) atoms. The lowest BCUT2D eigenvalue weighted by Gasteiger charge is -2.26. The number of nitrogens with one attached hydrogen (secondary N) is 1. The van der Waals surface area contributed by atoms with Crippen LogP contribution in [0.2, 0.25) is 5.02 Å². The van der Waals surface area contributed by atoms with Crippen molar-refractivity contribution in [2.75, 3.05) is 49.7 Å². The number of nitrogens with zero attached hydrogens (tertiary/aromatic N) is 1. The maximum atomic E-state index is 12.6. The number of carbonyl (C=O) groups is 1. The molecule has 1 aromatic carbocycles. The molecule has 1 saturated heterocycles. The molecule has 1 aliphatic rings. The van der Waals surface area contributed by atoms with Gasteiger partial charge in [0, 0.05) is 25.4 Å². The Morgan fingerprint density at radius 1 is 1.38 bits per heavy atom. The fraction of sp³-hybridized carbons (Fsp3) is 0.500. The first-order valence-corrected chi connectivity index (χ1v) is 10.4.